The van der Waals surface area contributed by atoms with Crippen molar-refractivity contribution in [2.75, 3.05) is 0 Å². The van der Waals surface area contributed by atoms with E-state index in [1.165, 1.54) is 6.07 Å². The topological polar surface area (TPSA) is 52.4 Å². The van der Waals surface area contributed by atoms with Gasteiger partial charge in [-0.15, -0.1) is 0 Å². The van der Waals surface area contributed by atoms with Gasteiger partial charge in [-0.25, -0.2) is 0 Å². The van der Waals surface area contributed by atoms with Crippen LogP contribution in [0.15, 0.2) is 48.5 Å². The predicted molar refractivity (Wildman–Crippen MR) is 77.5 cm³/mol. The second-order valence-corrected chi connectivity index (χ2v) is 4.43. The van der Waals surface area contributed by atoms with E-state index in [0.717, 1.165) is 5.56 Å². The number of benzene rings is 2. The molecule has 0 saturated heterocycles. The largest absolute Gasteiger partial charge is 0.489 e. The second-order valence-electron chi connectivity index (χ2n) is 4.43. The summed E-state index contributed by atoms with van der Waals surface area (Å²) in [4.78, 5) is 10.6. The van der Waals surface area contributed by atoms with Crippen LogP contribution in [0.2, 0.25) is 0 Å². The number of aryl methyl sites for hydroxylation is 1. The average molecular weight is 270 g/mol. The Morgan fingerprint density at radius 1 is 1.15 bits per heavy atom. The highest BCUT2D eigenvalue weighted by atomic mass is 16.6. The maximum absolute atomic E-state index is 10.9. The molecule has 2 aromatic carbocycles. The van der Waals surface area contributed by atoms with Gasteiger partial charge < -0.3 is 4.74 Å². The fraction of sp³-hybridized carbons (Fsp3) is 0.188. The Morgan fingerprint density at radius 3 is 2.55 bits per heavy atom. The summed E-state index contributed by atoms with van der Waals surface area (Å²) in [5.74, 6) is 0.642. The second kappa shape index (κ2) is 6.70. The lowest BCUT2D eigenvalue weighted by Gasteiger charge is -2.08. The summed E-state index contributed by atoms with van der Waals surface area (Å²) in [5.41, 5.74) is 1.85. The Morgan fingerprint density at radius 2 is 1.90 bits per heavy atom. The molecule has 2 aromatic rings. The molecule has 4 nitrogen and oxygen atoms in total. The van der Waals surface area contributed by atoms with Crippen LogP contribution in [0, 0.1) is 17.0 Å². The van der Waals surface area contributed by atoms with Crippen molar-refractivity contribution in [1.82, 2.24) is 0 Å². The van der Waals surface area contributed by atoms with Gasteiger partial charge in [-0.2, -0.15) is 0 Å². The van der Waals surface area contributed by atoms with Crippen LogP contribution in [-0.2, 0) is 13.0 Å². The van der Waals surface area contributed by atoms with E-state index in [0.29, 0.717) is 30.8 Å². The van der Waals surface area contributed by atoms with Crippen LogP contribution in [0.25, 0.3) is 0 Å². The minimum absolute atomic E-state index is 0.126. The Balaban J connectivity index is 2.12. The van der Waals surface area contributed by atoms with Gasteiger partial charge in [0.25, 0.3) is 5.69 Å². The molecule has 0 amide bonds. The van der Waals surface area contributed by atoms with Crippen molar-refractivity contribution in [2.24, 2.45) is 0 Å². The quantitative estimate of drug-likeness (QED) is 0.590. The lowest BCUT2D eigenvalue weighted by atomic mass is 10.1. The number of hydrogen-bond donors (Lipinski definition) is 0. The van der Waals surface area contributed by atoms with E-state index in [2.05, 4.69) is 6.92 Å². The van der Waals surface area contributed by atoms with Crippen molar-refractivity contribution in [2.45, 2.75) is 19.4 Å². The van der Waals surface area contributed by atoms with E-state index in [-0.39, 0.29) is 10.6 Å². The van der Waals surface area contributed by atoms with Gasteiger partial charge in [0.1, 0.15) is 12.4 Å². The molecular weight excluding hydrogens is 254 g/mol. The third kappa shape index (κ3) is 3.57. The van der Waals surface area contributed by atoms with Crippen LogP contribution in [0.5, 0.6) is 5.75 Å². The summed E-state index contributed by atoms with van der Waals surface area (Å²) in [6.07, 6.45) is 1.18. The maximum atomic E-state index is 10.9. The van der Waals surface area contributed by atoms with Gasteiger partial charge in [-0.05, 0) is 30.5 Å². The first-order chi connectivity index (χ1) is 9.70. The highest BCUT2D eigenvalue weighted by Crippen LogP contribution is 2.25. The van der Waals surface area contributed by atoms with E-state index < -0.39 is 0 Å². The zero-order valence-electron chi connectivity index (χ0n) is 11.1. The molecule has 0 aliphatic carbocycles. The van der Waals surface area contributed by atoms with Gasteiger partial charge in [-0.1, -0.05) is 37.3 Å². The van der Waals surface area contributed by atoms with Crippen molar-refractivity contribution in [1.29, 1.82) is 0 Å². The van der Waals surface area contributed by atoms with Crippen LogP contribution in [0.1, 0.15) is 17.5 Å². The van der Waals surface area contributed by atoms with Crippen LogP contribution >= 0.6 is 0 Å². The van der Waals surface area contributed by atoms with Crippen molar-refractivity contribution in [3.63, 3.8) is 0 Å². The van der Waals surface area contributed by atoms with Crippen molar-refractivity contribution in [3.05, 3.63) is 76.7 Å². The lowest BCUT2D eigenvalue weighted by Crippen LogP contribution is -1.99. The van der Waals surface area contributed by atoms with Gasteiger partial charge in [0.05, 0.1) is 4.92 Å². The first kappa shape index (κ1) is 14.1. The minimum atomic E-state index is -0.369. The molecule has 0 N–H and O–H groups in total. The number of rotatable bonds is 6. The molecule has 0 spiro atoms. The van der Waals surface area contributed by atoms with Crippen LogP contribution in [0.3, 0.4) is 0 Å². The number of hydrogen-bond acceptors (Lipinski definition) is 3. The van der Waals surface area contributed by atoms with Gasteiger partial charge >= 0.3 is 0 Å². The monoisotopic (exact) mass is 270 g/mol. The molecule has 4 heteroatoms. The number of nitro groups is 1. The Labute approximate surface area is 118 Å². The summed E-state index contributed by atoms with van der Waals surface area (Å²) in [5, 5.41) is 10.9. The van der Waals surface area contributed by atoms with E-state index in [1.54, 1.807) is 12.1 Å². The zero-order chi connectivity index (χ0) is 14.4. The molecular formula is C16H16NO3. The lowest BCUT2D eigenvalue weighted by molar-refractivity contribution is -0.385. The number of nitro benzene ring substituents is 1. The van der Waals surface area contributed by atoms with Crippen molar-refractivity contribution in [3.8, 4) is 5.75 Å². The molecule has 0 unspecified atom stereocenters. The third-order valence-electron chi connectivity index (χ3n) is 2.94. The number of nitrogens with zero attached hydrogens (tertiary/aromatic N) is 1. The molecule has 0 saturated carbocycles. The van der Waals surface area contributed by atoms with Crippen LogP contribution < -0.4 is 4.74 Å². The van der Waals surface area contributed by atoms with Crippen molar-refractivity contribution < 1.29 is 9.66 Å². The van der Waals surface area contributed by atoms with Gasteiger partial charge in [0.2, 0.25) is 0 Å². The standard InChI is InChI=1S/C16H16NO3/c1-2-6-14-11-15(9-10-16(14)17(18)19)20-12-13-7-4-3-5-8-13/h3-5,7-11H,1-2,6,12H2. The normalized spacial score (nSPS) is 10.2. The van der Waals surface area contributed by atoms with Crippen molar-refractivity contribution >= 4 is 5.69 Å². The molecule has 1 radical (unpaired) electrons. The van der Waals surface area contributed by atoms with E-state index in [4.69, 9.17) is 4.74 Å². The predicted octanol–water partition coefficient (Wildman–Crippen LogP) is 3.94. The molecule has 0 aliphatic rings. The summed E-state index contributed by atoms with van der Waals surface area (Å²) >= 11 is 0. The van der Waals surface area contributed by atoms with Gasteiger partial charge in [0.15, 0.2) is 0 Å². The zero-order valence-corrected chi connectivity index (χ0v) is 11.1. The molecule has 0 bridgehead atoms. The Bertz CT molecular complexity index is 582. The van der Waals surface area contributed by atoms with Gasteiger partial charge in [0, 0.05) is 11.6 Å². The molecule has 0 aromatic heterocycles. The Hall–Kier alpha value is -2.36. The molecule has 103 valence electrons. The van der Waals surface area contributed by atoms with Crippen LogP contribution in [-0.4, -0.2) is 4.92 Å². The van der Waals surface area contributed by atoms with Gasteiger partial charge in [-0.3, -0.25) is 10.1 Å². The highest BCUT2D eigenvalue weighted by molar-refractivity contribution is 5.45. The molecule has 0 fully saturated rings. The summed E-state index contributed by atoms with van der Waals surface area (Å²) in [7, 11) is 0. The molecule has 0 heterocycles. The van der Waals surface area contributed by atoms with E-state index in [1.807, 2.05) is 30.3 Å². The maximum Gasteiger partial charge on any atom is 0.272 e. The average Bonchev–Trinajstić information content (AvgIpc) is 2.46. The summed E-state index contributed by atoms with van der Waals surface area (Å²) < 4.78 is 5.67. The first-order valence-electron chi connectivity index (χ1n) is 6.44. The first-order valence-corrected chi connectivity index (χ1v) is 6.44. The molecule has 2 rings (SSSR count). The van der Waals surface area contributed by atoms with Crippen LogP contribution in [0.4, 0.5) is 5.69 Å². The fourth-order valence-electron chi connectivity index (χ4n) is 1.96. The third-order valence-corrected chi connectivity index (χ3v) is 2.94. The molecule has 20 heavy (non-hydrogen) atoms. The number of ether oxygens (including phenoxy) is 1. The summed E-state index contributed by atoms with van der Waals surface area (Å²) in [6, 6.07) is 14.6. The minimum Gasteiger partial charge on any atom is -0.489 e. The van der Waals surface area contributed by atoms with E-state index >= 15 is 0 Å². The smallest absolute Gasteiger partial charge is 0.272 e. The summed E-state index contributed by atoms with van der Waals surface area (Å²) in [6.45, 7) is 4.19. The SMILES string of the molecule is [CH2]CCc1cc(OCc2ccccc2)ccc1[N+](=O)[O-]. The van der Waals surface area contributed by atoms with E-state index in [9.17, 15) is 10.1 Å². The molecule has 0 aliphatic heterocycles. The Kier molecular flexibility index (Phi) is 4.71. The highest BCUT2D eigenvalue weighted by Gasteiger charge is 2.13. The molecule has 0 atom stereocenters. The fourth-order valence-corrected chi connectivity index (χ4v) is 1.96.